The van der Waals surface area contributed by atoms with Crippen molar-refractivity contribution < 1.29 is 4.79 Å². The molecule has 4 heteroatoms. The van der Waals surface area contributed by atoms with Crippen LogP contribution in [0.1, 0.15) is 33.6 Å². The Kier molecular flexibility index (Phi) is 4.77. The van der Waals surface area contributed by atoms with Gasteiger partial charge in [0.1, 0.15) is 0 Å². The fourth-order valence-corrected chi connectivity index (χ4v) is 2.15. The minimum absolute atomic E-state index is 0.114. The number of hydrazone groups is 1. The predicted molar refractivity (Wildman–Crippen MR) is 66.3 cm³/mol. The van der Waals surface area contributed by atoms with Crippen molar-refractivity contribution in [2.75, 3.05) is 20.1 Å². The molecule has 1 rings (SSSR count). The lowest BCUT2D eigenvalue weighted by atomic mass is 9.92. The number of rotatable bonds is 3. The van der Waals surface area contributed by atoms with Gasteiger partial charge in [-0.2, -0.15) is 5.10 Å². The van der Waals surface area contributed by atoms with Gasteiger partial charge < -0.3 is 10.3 Å². The fraction of sp³-hybridized carbons (Fsp3) is 0.833. The van der Waals surface area contributed by atoms with Crippen molar-refractivity contribution in [2.45, 2.75) is 33.6 Å². The average molecular weight is 225 g/mol. The number of hydrogen-bond acceptors (Lipinski definition) is 3. The quantitative estimate of drug-likeness (QED) is 0.584. The summed E-state index contributed by atoms with van der Waals surface area (Å²) in [5.74, 6) is 0.925. The predicted octanol–water partition coefficient (Wildman–Crippen LogP) is 1.48. The topological polar surface area (TPSA) is 44.7 Å². The first-order valence-electron chi connectivity index (χ1n) is 6.06. The van der Waals surface area contributed by atoms with Crippen LogP contribution in [0.4, 0.5) is 0 Å². The van der Waals surface area contributed by atoms with E-state index in [0.717, 1.165) is 31.6 Å². The van der Waals surface area contributed by atoms with Crippen LogP contribution in [0.25, 0.3) is 0 Å². The minimum atomic E-state index is 0.114. The molecule has 16 heavy (non-hydrogen) atoms. The van der Waals surface area contributed by atoms with Gasteiger partial charge in [0.25, 0.3) is 0 Å². The smallest absolute Gasteiger partial charge is 0.225 e. The molecule has 1 N–H and O–H groups in total. The lowest BCUT2D eigenvalue weighted by Crippen LogP contribution is -2.41. The van der Waals surface area contributed by atoms with E-state index < -0.39 is 0 Å². The van der Waals surface area contributed by atoms with Crippen molar-refractivity contribution in [3.8, 4) is 0 Å². The number of piperidine rings is 1. The summed E-state index contributed by atoms with van der Waals surface area (Å²) in [5.41, 5.74) is 3.98. The highest BCUT2D eigenvalue weighted by molar-refractivity contribution is 5.84. The number of hydrogen-bond donors (Lipinski definition) is 1. The van der Waals surface area contributed by atoms with Crippen molar-refractivity contribution in [3.63, 3.8) is 0 Å². The van der Waals surface area contributed by atoms with Gasteiger partial charge in [0, 0.05) is 37.7 Å². The molecular formula is C12H23N3O. The molecule has 0 bridgehead atoms. The summed E-state index contributed by atoms with van der Waals surface area (Å²) in [5, 5.41) is 4.22. The molecule has 0 radical (unpaired) electrons. The fourth-order valence-electron chi connectivity index (χ4n) is 2.15. The van der Waals surface area contributed by atoms with Gasteiger partial charge in [-0.05, 0) is 19.8 Å². The van der Waals surface area contributed by atoms with Crippen LogP contribution in [0.3, 0.4) is 0 Å². The summed E-state index contributed by atoms with van der Waals surface area (Å²) in [4.78, 5) is 13.8. The Morgan fingerprint density at radius 2 is 1.94 bits per heavy atom. The van der Waals surface area contributed by atoms with E-state index in [2.05, 4.69) is 17.5 Å². The Morgan fingerprint density at radius 3 is 2.38 bits per heavy atom. The number of likely N-dealkylation sites (tertiary alicyclic amines) is 1. The van der Waals surface area contributed by atoms with Crippen molar-refractivity contribution in [3.05, 3.63) is 0 Å². The molecule has 1 heterocycles. The third-order valence-electron chi connectivity index (χ3n) is 3.18. The molecule has 4 nitrogen and oxygen atoms in total. The zero-order valence-corrected chi connectivity index (χ0v) is 10.8. The molecule has 1 aliphatic rings. The van der Waals surface area contributed by atoms with Crippen LogP contribution in [0.2, 0.25) is 0 Å². The van der Waals surface area contributed by atoms with Crippen LogP contribution in [0.15, 0.2) is 5.10 Å². The summed E-state index contributed by atoms with van der Waals surface area (Å²) in [7, 11) is 1.82. The van der Waals surface area contributed by atoms with Gasteiger partial charge in [-0.3, -0.25) is 4.79 Å². The van der Waals surface area contributed by atoms with E-state index in [1.54, 1.807) is 0 Å². The van der Waals surface area contributed by atoms with E-state index in [0.29, 0.717) is 5.92 Å². The Balaban J connectivity index is 2.45. The van der Waals surface area contributed by atoms with Gasteiger partial charge in [-0.15, -0.1) is 0 Å². The molecule has 92 valence electrons. The van der Waals surface area contributed by atoms with Gasteiger partial charge in [-0.25, -0.2) is 0 Å². The van der Waals surface area contributed by atoms with E-state index in [1.165, 1.54) is 0 Å². The van der Waals surface area contributed by atoms with Crippen LogP contribution in [0.5, 0.6) is 0 Å². The normalized spacial score (nSPS) is 19.1. The van der Waals surface area contributed by atoms with Crippen molar-refractivity contribution in [1.29, 1.82) is 0 Å². The Morgan fingerprint density at radius 1 is 1.38 bits per heavy atom. The molecule has 0 aromatic heterocycles. The maximum Gasteiger partial charge on any atom is 0.225 e. The van der Waals surface area contributed by atoms with Gasteiger partial charge >= 0.3 is 0 Å². The zero-order valence-electron chi connectivity index (χ0n) is 10.8. The molecule has 1 saturated heterocycles. The third kappa shape index (κ3) is 3.22. The summed E-state index contributed by atoms with van der Waals surface area (Å²) in [6.45, 7) is 7.72. The summed E-state index contributed by atoms with van der Waals surface area (Å²) >= 11 is 0. The lowest BCUT2D eigenvalue weighted by Gasteiger charge is -2.33. The lowest BCUT2D eigenvalue weighted by molar-refractivity contribution is -0.135. The number of nitrogens with zero attached hydrogens (tertiary/aromatic N) is 2. The average Bonchev–Trinajstić information content (AvgIpc) is 2.28. The molecule has 1 amide bonds. The first-order valence-corrected chi connectivity index (χ1v) is 6.06. The van der Waals surface area contributed by atoms with Gasteiger partial charge in [0.05, 0.1) is 0 Å². The third-order valence-corrected chi connectivity index (χ3v) is 3.18. The molecule has 0 aromatic carbocycles. The van der Waals surface area contributed by atoms with Gasteiger partial charge in [0.15, 0.2) is 0 Å². The second kappa shape index (κ2) is 5.87. The second-order valence-electron chi connectivity index (χ2n) is 4.73. The summed E-state index contributed by atoms with van der Waals surface area (Å²) < 4.78 is 0. The Hall–Kier alpha value is -1.06. The first kappa shape index (κ1) is 13.0. The van der Waals surface area contributed by atoms with Gasteiger partial charge in [0.2, 0.25) is 5.91 Å². The SMILES string of the molecule is CN/N=C(\C)C1CCN(C(=O)C(C)C)CC1. The van der Waals surface area contributed by atoms with E-state index in [4.69, 9.17) is 0 Å². The molecule has 0 aromatic rings. The minimum Gasteiger partial charge on any atom is -0.342 e. The second-order valence-corrected chi connectivity index (χ2v) is 4.73. The largest absolute Gasteiger partial charge is 0.342 e. The molecule has 0 atom stereocenters. The summed E-state index contributed by atoms with van der Waals surface area (Å²) in [6, 6.07) is 0. The van der Waals surface area contributed by atoms with E-state index in [9.17, 15) is 4.79 Å². The van der Waals surface area contributed by atoms with Crippen LogP contribution in [-0.2, 0) is 4.79 Å². The molecular weight excluding hydrogens is 202 g/mol. The highest BCUT2D eigenvalue weighted by Gasteiger charge is 2.25. The standard InChI is InChI=1S/C12H23N3O/c1-9(2)12(16)15-7-5-11(6-8-15)10(3)14-13-4/h9,11,13H,5-8H2,1-4H3/b14-10+. The van der Waals surface area contributed by atoms with Crippen LogP contribution in [0, 0.1) is 11.8 Å². The Labute approximate surface area is 98.1 Å². The van der Waals surface area contributed by atoms with Crippen molar-refractivity contribution in [1.82, 2.24) is 10.3 Å². The zero-order chi connectivity index (χ0) is 12.1. The van der Waals surface area contributed by atoms with Crippen LogP contribution < -0.4 is 5.43 Å². The van der Waals surface area contributed by atoms with E-state index in [-0.39, 0.29) is 11.8 Å². The first-order chi connectivity index (χ1) is 7.56. The molecule has 1 fully saturated rings. The maximum absolute atomic E-state index is 11.8. The van der Waals surface area contributed by atoms with Crippen molar-refractivity contribution in [2.24, 2.45) is 16.9 Å². The number of carbonyl (C=O) groups is 1. The highest BCUT2D eigenvalue weighted by atomic mass is 16.2. The maximum atomic E-state index is 11.8. The van der Waals surface area contributed by atoms with Crippen LogP contribution in [-0.4, -0.2) is 36.7 Å². The molecule has 0 spiro atoms. The molecule has 0 aliphatic carbocycles. The monoisotopic (exact) mass is 225 g/mol. The van der Waals surface area contributed by atoms with Crippen molar-refractivity contribution >= 4 is 11.6 Å². The molecule has 0 unspecified atom stereocenters. The van der Waals surface area contributed by atoms with Gasteiger partial charge in [-0.1, -0.05) is 13.8 Å². The molecule has 0 saturated carbocycles. The summed E-state index contributed by atoms with van der Waals surface area (Å²) in [6.07, 6.45) is 2.07. The van der Waals surface area contributed by atoms with E-state index >= 15 is 0 Å². The number of carbonyl (C=O) groups excluding carboxylic acids is 1. The highest BCUT2D eigenvalue weighted by Crippen LogP contribution is 2.20. The Bertz CT molecular complexity index is 265. The molecule has 1 aliphatic heterocycles. The number of nitrogens with one attached hydrogen (secondary N) is 1. The van der Waals surface area contributed by atoms with E-state index in [1.807, 2.05) is 25.8 Å². The number of amides is 1. The van der Waals surface area contributed by atoms with Crippen LogP contribution >= 0.6 is 0 Å².